The molecule has 0 bridgehead atoms. The van der Waals surface area contributed by atoms with Crippen LogP contribution in [0.15, 0.2) is 29.4 Å². The van der Waals surface area contributed by atoms with Crippen molar-refractivity contribution in [3.8, 4) is 11.4 Å². The van der Waals surface area contributed by atoms with Crippen molar-refractivity contribution in [1.82, 2.24) is 35.0 Å². The van der Waals surface area contributed by atoms with Crippen LogP contribution in [0.4, 0.5) is 0 Å². The van der Waals surface area contributed by atoms with Crippen molar-refractivity contribution < 1.29 is 0 Å². The van der Waals surface area contributed by atoms with Crippen molar-refractivity contribution in [3.63, 3.8) is 0 Å². The molecule has 1 aromatic carbocycles. The first-order valence-corrected chi connectivity index (χ1v) is 9.08. The molecule has 0 radical (unpaired) electrons. The Morgan fingerprint density at radius 3 is 2.67 bits per heavy atom. The second kappa shape index (κ2) is 7.76. The zero-order valence-electron chi connectivity index (χ0n) is 13.6. The third kappa shape index (κ3) is 3.76. The van der Waals surface area contributed by atoms with Gasteiger partial charge >= 0.3 is 0 Å². The third-order valence-electron chi connectivity index (χ3n) is 3.60. The van der Waals surface area contributed by atoms with E-state index in [4.69, 9.17) is 11.6 Å². The van der Waals surface area contributed by atoms with E-state index < -0.39 is 0 Å². The second-order valence-corrected chi connectivity index (χ2v) is 6.71. The van der Waals surface area contributed by atoms with Crippen molar-refractivity contribution in [1.29, 1.82) is 0 Å². The highest BCUT2D eigenvalue weighted by atomic mass is 35.5. The summed E-state index contributed by atoms with van der Waals surface area (Å²) in [5.74, 6) is 2.31. The van der Waals surface area contributed by atoms with Crippen LogP contribution in [-0.4, -0.2) is 35.0 Å². The molecule has 0 amide bonds. The van der Waals surface area contributed by atoms with E-state index in [-0.39, 0.29) is 0 Å². The van der Waals surface area contributed by atoms with Gasteiger partial charge in [-0.3, -0.25) is 0 Å². The number of rotatable bonds is 7. The van der Waals surface area contributed by atoms with Crippen LogP contribution in [0.5, 0.6) is 0 Å². The minimum Gasteiger partial charge on any atom is -0.305 e. The number of aryl methyl sites for hydroxylation is 1. The SMILES string of the molecule is CCCCn1nnnc1CSc1nnc(-c2ccc(Cl)cc2)n1C. The maximum absolute atomic E-state index is 5.93. The lowest BCUT2D eigenvalue weighted by Gasteiger charge is -2.05. The van der Waals surface area contributed by atoms with Crippen LogP contribution < -0.4 is 0 Å². The molecule has 0 spiro atoms. The van der Waals surface area contributed by atoms with E-state index in [9.17, 15) is 0 Å². The fourth-order valence-corrected chi connectivity index (χ4v) is 3.20. The van der Waals surface area contributed by atoms with Gasteiger partial charge in [0.15, 0.2) is 16.8 Å². The molecule has 7 nitrogen and oxygen atoms in total. The summed E-state index contributed by atoms with van der Waals surface area (Å²) in [6, 6.07) is 7.57. The number of unbranched alkanes of at least 4 members (excludes halogenated alkanes) is 1. The molecule has 2 heterocycles. The molecule has 0 fully saturated rings. The van der Waals surface area contributed by atoms with Gasteiger partial charge in [0.05, 0.1) is 5.75 Å². The van der Waals surface area contributed by atoms with Gasteiger partial charge in [-0.2, -0.15) is 0 Å². The molecule has 0 saturated heterocycles. The van der Waals surface area contributed by atoms with Gasteiger partial charge in [-0.25, -0.2) is 4.68 Å². The first-order chi connectivity index (χ1) is 11.7. The number of benzene rings is 1. The first-order valence-electron chi connectivity index (χ1n) is 7.72. The summed E-state index contributed by atoms with van der Waals surface area (Å²) in [6.07, 6.45) is 2.17. The Bertz CT molecular complexity index is 797. The molecule has 0 saturated carbocycles. The minimum absolute atomic E-state index is 0.656. The standard InChI is InChI=1S/C15H18ClN7S/c1-3-4-9-23-13(17-20-21-23)10-24-15-19-18-14(22(15)2)11-5-7-12(16)8-6-11/h5-8H,3-4,9-10H2,1-2H3. The Morgan fingerprint density at radius 1 is 1.12 bits per heavy atom. The van der Waals surface area contributed by atoms with Gasteiger partial charge < -0.3 is 4.57 Å². The van der Waals surface area contributed by atoms with Gasteiger partial charge in [0.2, 0.25) is 0 Å². The summed E-state index contributed by atoms with van der Waals surface area (Å²) in [6.45, 7) is 2.99. The van der Waals surface area contributed by atoms with Gasteiger partial charge in [0, 0.05) is 24.2 Å². The van der Waals surface area contributed by atoms with Crippen molar-refractivity contribution in [3.05, 3.63) is 35.1 Å². The third-order valence-corrected chi connectivity index (χ3v) is 4.87. The van der Waals surface area contributed by atoms with Crippen LogP contribution in [0.25, 0.3) is 11.4 Å². The second-order valence-electron chi connectivity index (χ2n) is 5.33. The lowest BCUT2D eigenvalue weighted by molar-refractivity contribution is 0.540. The molecule has 9 heteroatoms. The molecule has 0 aliphatic heterocycles. The maximum atomic E-state index is 5.93. The van der Waals surface area contributed by atoms with Crippen LogP contribution in [-0.2, 0) is 19.3 Å². The van der Waals surface area contributed by atoms with Crippen LogP contribution in [0.1, 0.15) is 25.6 Å². The lowest BCUT2D eigenvalue weighted by Crippen LogP contribution is -2.05. The van der Waals surface area contributed by atoms with E-state index in [1.54, 1.807) is 11.8 Å². The Morgan fingerprint density at radius 2 is 1.92 bits per heavy atom. The molecule has 0 aliphatic rings. The molecule has 24 heavy (non-hydrogen) atoms. The summed E-state index contributed by atoms with van der Waals surface area (Å²) in [5.41, 5.74) is 0.981. The fourth-order valence-electron chi connectivity index (χ4n) is 2.23. The number of nitrogens with zero attached hydrogens (tertiary/aromatic N) is 7. The quantitative estimate of drug-likeness (QED) is 0.600. The van der Waals surface area contributed by atoms with Crippen LogP contribution in [0.3, 0.4) is 0 Å². The smallest absolute Gasteiger partial charge is 0.191 e. The van der Waals surface area contributed by atoms with Gasteiger partial charge in [-0.05, 0) is 41.1 Å². The number of halogens is 1. The maximum Gasteiger partial charge on any atom is 0.191 e. The Kier molecular flexibility index (Phi) is 5.47. The summed E-state index contributed by atoms with van der Waals surface area (Å²) < 4.78 is 3.82. The molecular weight excluding hydrogens is 346 g/mol. The molecule has 3 aromatic rings. The van der Waals surface area contributed by atoms with Gasteiger partial charge in [0.25, 0.3) is 0 Å². The van der Waals surface area contributed by atoms with Gasteiger partial charge in [-0.1, -0.05) is 36.7 Å². The number of aromatic nitrogens is 7. The summed E-state index contributed by atoms with van der Waals surface area (Å²) >= 11 is 7.50. The topological polar surface area (TPSA) is 74.3 Å². The molecule has 126 valence electrons. The largest absolute Gasteiger partial charge is 0.305 e. The van der Waals surface area contributed by atoms with E-state index in [0.717, 1.165) is 41.8 Å². The predicted octanol–water partition coefficient (Wildman–Crippen LogP) is 3.21. The predicted molar refractivity (Wildman–Crippen MR) is 93.7 cm³/mol. The van der Waals surface area contributed by atoms with Crippen LogP contribution in [0.2, 0.25) is 5.02 Å². The van der Waals surface area contributed by atoms with E-state index in [1.165, 1.54) is 0 Å². The van der Waals surface area contributed by atoms with Crippen molar-refractivity contribution >= 4 is 23.4 Å². The molecule has 2 aromatic heterocycles. The van der Waals surface area contributed by atoms with E-state index in [0.29, 0.717) is 10.8 Å². The van der Waals surface area contributed by atoms with Gasteiger partial charge in [0.1, 0.15) is 0 Å². The molecular formula is C15H18ClN7S. The highest BCUT2D eigenvalue weighted by Gasteiger charge is 2.13. The van der Waals surface area contributed by atoms with Gasteiger partial charge in [-0.15, -0.1) is 15.3 Å². The Labute approximate surface area is 149 Å². The molecule has 0 N–H and O–H groups in total. The average Bonchev–Trinajstić information content (AvgIpc) is 3.18. The van der Waals surface area contributed by atoms with Crippen molar-refractivity contribution in [2.75, 3.05) is 0 Å². The molecule has 3 rings (SSSR count). The summed E-state index contributed by atoms with van der Waals surface area (Å²) in [5, 5.41) is 22.0. The van der Waals surface area contributed by atoms with Crippen molar-refractivity contribution in [2.24, 2.45) is 7.05 Å². The monoisotopic (exact) mass is 363 g/mol. The van der Waals surface area contributed by atoms with Crippen LogP contribution in [0, 0.1) is 0 Å². The number of tetrazole rings is 1. The summed E-state index contributed by atoms with van der Waals surface area (Å²) in [7, 11) is 1.95. The Balaban J connectivity index is 1.71. The highest BCUT2D eigenvalue weighted by molar-refractivity contribution is 7.98. The Hall–Kier alpha value is -1.93. The van der Waals surface area contributed by atoms with Crippen molar-refractivity contribution in [2.45, 2.75) is 37.2 Å². The molecule has 0 aliphatic carbocycles. The number of thioether (sulfide) groups is 1. The van der Waals surface area contributed by atoms with Crippen LogP contribution >= 0.6 is 23.4 Å². The zero-order valence-corrected chi connectivity index (χ0v) is 15.1. The van der Waals surface area contributed by atoms with E-state index >= 15 is 0 Å². The van der Waals surface area contributed by atoms with E-state index in [2.05, 4.69) is 32.6 Å². The molecule has 0 atom stereocenters. The average molecular weight is 364 g/mol. The molecule has 0 unspecified atom stereocenters. The normalized spacial score (nSPS) is 11.1. The number of hydrogen-bond donors (Lipinski definition) is 0. The first kappa shape index (κ1) is 16.9. The number of hydrogen-bond acceptors (Lipinski definition) is 6. The fraction of sp³-hybridized carbons (Fsp3) is 0.400. The van der Waals surface area contributed by atoms with E-state index in [1.807, 2.05) is 40.6 Å². The zero-order chi connectivity index (χ0) is 16.9. The minimum atomic E-state index is 0.656. The lowest BCUT2D eigenvalue weighted by atomic mass is 10.2. The summed E-state index contributed by atoms with van der Waals surface area (Å²) in [4.78, 5) is 0. The highest BCUT2D eigenvalue weighted by Crippen LogP contribution is 2.25.